The highest BCUT2D eigenvalue weighted by Crippen LogP contribution is 2.32. The van der Waals surface area contributed by atoms with Crippen LogP contribution in [0, 0.1) is 0 Å². The normalized spacial score (nSPS) is 19.5. The first-order valence-electron chi connectivity index (χ1n) is 9.49. The molecule has 146 valence electrons. The zero-order valence-electron chi connectivity index (χ0n) is 15.7. The Morgan fingerprint density at radius 3 is 2.82 bits per heavy atom. The van der Waals surface area contributed by atoms with Gasteiger partial charge in [0.25, 0.3) is 5.91 Å². The second-order valence-electron chi connectivity index (χ2n) is 7.02. The molecule has 1 aliphatic rings. The van der Waals surface area contributed by atoms with Gasteiger partial charge in [-0.15, -0.1) is 11.3 Å². The van der Waals surface area contributed by atoms with Crippen LogP contribution in [0.1, 0.15) is 36.0 Å². The summed E-state index contributed by atoms with van der Waals surface area (Å²) in [4.78, 5) is 21.9. The fourth-order valence-electron chi connectivity index (χ4n) is 3.77. The molecule has 28 heavy (non-hydrogen) atoms. The van der Waals surface area contributed by atoms with Gasteiger partial charge >= 0.3 is 0 Å². The van der Waals surface area contributed by atoms with Crippen molar-refractivity contribution < 1.29 is 4.79 Å². The molecule has 0 aliphatic heterocycles. The largest absolute Gasteiger partial charge is 0.366 e. The fraction of sp³-hybridized carbons (Fsp3) is 0.350. The van der Waals surface area contributed by atoms with Gasteiger partial charge < -0.3 is 21.7 Å². The summed E-state index contributed by atoms with van der Waals surface area (Å²) in [6.07, 6.45) is 6.45. The van der Waals surface area contributed by atoms with E-state index in [-0.39, 0.29) is 0 Å². The molecule has 1 aliphatic carbocycles. The van der Waals surface area contributed by atoms with Crippen LogP contribution in [0.2, 0.25) is 0 Å². The molecule has 1 saturated carbocycles. The molecule has 0 bridgehead atoms. The van der Waals surface area contributed by atoms with Crippen LogP contribution in [-0.4, -0.2) is 35.0 Å². The summed E-state index contributed by atoms with van der Waals surface area (Å²) in [5.74, 6) is 0.681. The lowest BCUT2D eigenvalue weighted by Gasteiger charge is -2.32. The highest BCUT2D eigenvalue weighted by atomic mass is 32.1. The highest BCUT2D eigenvalue weighted by molar-refractivity contribution is 7.17. The summed E-state index contributed by atoms with van der Waals surface area (Å²) >= 11 is 1.54. The molecule has 8 heteroatoms. The average molecular weight is 397 g/mol. The molecule has 5 N–H and O–H groups in total. The molecule has 7 nitrogen and oxygen atoms in total. The topological polar surface area (TPSA) is 105 Å². The van der Waals surface area contributed by atoms with Crippen LogP contribution >= 0.6 is 11.3 Å². The molecule has 3 aromatic rings. The summed E-state index contributed by atoms with van der Waals surface area (Å²) in [6, 6.07) is 8.15. The van der Waals surface area contributed by atoms with E-state index in [1.807, 2.05) is 30.6 Å². The standard InChI is InChI=1S/C20H24N6OS/c1-22-14-6-2-3-7-15(14)24-17-9-8-13(18(21)27)19(26-17)25-16-11-28-20-12(16)5-4-10-23-20/h4-5,8-11,14-15,22H,2-3,6-7H2,1H3,(H2,21,27)(H2,24,25,26). The minimum atomic E-state index is -0.509. The predicted molar refractivity (Wildman–Crippen MR) is 114 cm³/mol. The van der Waals surface area contributed by atoms with Crippen LogP contribution in [0.15, 0.2) is 35.8 Å². The third-order valence-corrected chi connectivity index (χ3v) is 6.14. The number of carbonyl (C=O) groups excluding carboxylic acids is 1. The molecular formula is C20H24N6OS. The maximum absolute atomic E-state index is 11.9. The Balaban J connectivity index is 1.63. The summed E-state index contributed by atoms with van der Waals surface area (Å²) in [5, 5.41) is 13.2. The molecule has 0 spiro atoms. The Morgan fingerprint density at radius 1 is 1.21 bits per heavy atom. The van der Waals surface area contributed by atoms with Crippen molar-refractivity contribution in [2.75, 3.05) is 17.7 Å². The number of carbonyl (C=O) groups is 1. The van der Waals surface area contributed by atoms with Gasteiger partial charge in [0.05, 0.1) is 11.3 Å². The smallest absolute Gasteiger partial charge is 0.252 e. The molecule has 3 aromatic heterocycles. The first-order chi connectivity index (χ1) is 13.7. The number of nitrogens with one attached hydrogen (secondary N) is 3. The van der Waals surface area contributed by atoms with Crippen molar-refractivity contribution in [2.24, 2.45) is 5.73 Å². The van der Waals surface area contributed by atoms with Crippen molar-refractivity contribution in [3.63, 3.8) is 0 Å². The number of likely N-dealkylation sites (N-methyl/N-ethyl adjacent to an activating group) is 1. The SMILES string of the molecule is CNC1CCCCC1Nc1ccc(C(N)=O)c(Nc2csc3ncccc23)n1. The second-order valence-corrected chi connectivity index (χ2v) is 7.88. The van der Waals surface area contributed by atoms with Crippen LogP contribution in [0.25, 0.3) is 10.2 Å². The van der Waals surface area contributed by atoms with Crippen LogP contribution < -0.4 is 21.7 Å². The number of nitrogens with zero attached hydrogens (tertiary/aromatic N) is 2. The van der Waals surface area contributed by atoms with Crippen molar-refractivity contribution in [1.29, 1.82) is 0 Å². The molecule has 1 fully saturated rings. The van der Waals surface area contributed by atoms with E-state index in [0.29, 0.717) is 23.5 Å². The van der Waals surface area contributed by atoms with Crippen LogP contribution in [0.4, 0.5) is 17.3 Å². The summed E-state index contributed by atoms with van der Waals surface area (Å²) in [6.45, 7) is 0. The molecule has 0 radical (unpaired) electrons. The van der Waals surface area contributed by atoms with Gasteiger partial charge in [0, 0.05) is 29.0 Å². The van der Waals surface area contributed by atoms with E-state index in [1.54, 1.807) is 23.6 Å². The number of primary amides is 1. The number of hydrogen-bond donors (Lipinski definition) is 4. The zero-order valence-corrected chi connectivity index (χ0v) is 16.6. The first kappa shape index (κ1) is 18.6. The van der Waals surface area contributed by atoms with E-state index in [0.717, 1.165) is 34.6 Å². The van der Waals surface area contributed by atoms with Crippen molar-refractivity contribution in [3.8, 4) is 0 Å². The van der Waals surface area contributed by atoms with Gasteiger partial charge in [0.1, 0.15) is 16.5 Å². The monoisotopic (exact) mass is 396 g/mol. The maximum atomic E-state index is 11.9. The number of nitrogens with two attached hydrogens (primary N) is 1. The Labute approximate surface area is 167 Å². The number of anilines is 3. The Bertz CT molecular complexity index is 988. The highest BCUT2D eigenvalue weighted by Gasteiger charge is 2.24. The first-order valence-corrected chi connectivity index (χ1v) is 10.4. The summed E-state index contributed by atoms with van der Waals surface area (Å²) in [5.41, 5.74) is 6.81. The quantitative estimate of drug-likeness (QED) is 0.508. The number of rotatable bonds is 6. The number of pyridine rings is 2. The molecule has 2 atom stereocenters. The zero-order chi connectivity index (χ0) is 19.5. The van der Waals surface area contributed by atoms with Crippen LogP contribution in [0.5, 0.6) is 0 Å². The number of fused-ring (bicyclic) bond motifs is 1. The van der Waals surface area contributed by atoms with E-state index in [2.05, 4.69) is 25.9 Å². The lowest BCUT2D eigenvalue weighted by molar-refractivity contribution is 0.100. The molecule has 3 heterocycles. The Hall–Kier alpha value is -2.71. The van der Waals surface area contributed by atoms with Gasteiger partial charge in [-0.2, -0.15) is 0 Å². The molecule has 2 unspecified atom stereocenters. The van der Waals surface area contributed by atoms with Crippen LogP contribution in [-0.2, 0) is 0 Å². The maximum Gasteiger partial charge on any atom is 0.252 e. The van der Waals surface area contributed by atoms with E-state index >= 15 is 0 Å². The summed E-state index contributed by atoms with van der Waals surface area (Å²) in [7, 11) is 2.00. The van der Waals surface area contributed by atoms with E-state index in [1.165, 1.54) is 12.8 Å². The van der Waals surface area contributed by atoms with Crippen molar-refractivity contribution >= 4 is 44.8 Å². The fourth-order valence-corrected chi connectivity index (χ4v) is 4.61. The lowest BCUT2D eigenvalue weighted by atomic mass is 9.90. The van der Waals surface area contributed by atoms with Gasteiger partial charge in [0.2, 0.25) is 0 Å². The minimum Gasteiger partial charge on any atom is -0.366 e. The van der Waals surface area contributed by atoms with E-state index in [4.69, 9.17) is 5.73 Å². The predicted octanol–water partition coefficient (Wildman–Crippen LogP) is 3.48. The third kappa shape index (κ3) is 3.79. The Morgan fingerprint density at radius 2 is 2.04 bits per heavy atom. The van der Waals surface area contributed by atoms with Gasteiger partial charge in [-0.1, -0.05) is 12.8 Å². The minimum absolute atomic E-state index is 0.310. The molecular weight excluding hydrogens is 372 g/mol. The second kappa shape index (κ2) is 8.12. The van der Waals surface area contributed by atoms with E-state index in [9.17, 15) is 4.79 Å². The average Bonchev–Trinajstić information content (AvgIpc) is 3.11. The Kier molecular flexibility index (Phi) is 5.40. The van der Waals surface area contributed by atoms with E-state index < -0.39 is 5.91 Å². The molecule has 1 amide bonds. The van der Waals surface area contributed by atoms with Crippen molar-refractivity contribution in [2.45, 2.75) is 37.8 Å². The number of thiophene rings is 1. The molecule has 4 rings (SSSR count). The van der Waals surface area contributed by atoms with Gasteiger partial charge in [-0.3, -0.25) is 4.79 Å². The van der Waals surface area contributed by atoms with Gasteiger partial charge in [-0.25, -0.2) is 9.97 Å². The van der Waals surface area contributed by atoms with Crippen molar-refractivity contribution in [3.05, 3.63) is 41.4 Å². The molecule has 0 aromatic carbocycles. The number of amides is 1. The van der Waals surface area contributed by atoms with Crippen LogP contribution in [0.3, 0.4) is 0 Å². The molecule has 0 saturated heterocycles. The third-order valence-electron chi connectivity index (χ3n) is 5.23. The number of hydrogen-bond acceptors (Lipinski definition) is 7. The van der Waals surface area contributed by atoms with Crippen molar-refractivity contribution in [1.82, 2.24) is 15.3 Å². The number of aromatic nitrogens is 2. The lowest BCUT2D eigenvalue weighted by Crippen LogP contribution is -2.44. The van der Waals surface area contributed by atoms with Gasteiger partial charge in [-0.05, 0) is 44.2 Å². The van der Waals surface area contributed by atoms with Gasteiger partial charge in [0.15, 0.2) is 0 Å². The summed E-state index contributed by atoms with van der Waals surface area (Å²) < 4.78 is 0.